The molecule has 3 fully saturated rings. The van der Waals surface area contributed by atoms with Crippen LogP contribution >= 0.6 is 0 Å². The Kier molecular flexibility index (Phi) is 3.99. The summed E-state index contributed by atoms with van der Waals surface area (Å²) in [6, 6.07) is 9.06. The number of hydrogen-bond donors (Lipinski definition) is 1. The third kappa shape index (κ3) is 2.46. The van der Waals surface area contributed by atoms with Crippen molar-refractivity contribution in [3.63, 3.8) is 0 Å². The van der Waals surface area contributed by atoms with Gasteiger partial charge in [-0.3, -0.25) is 4.79 Å². The Labute approximate surface area is 151 Å². The van der Waals surface area contributed by atoms with Crippen molar-refractivity contribution in [1.82, 2.24) is 5.32 Å². The first-order chi connectivity index (χ1) is 11.9. The molecule has 1 amide bonds. The van der Waals surface area contributed by atoms with Crippen molar-refractivity contribution >= 4 is 5.91 Å². The fourth-order valence-corrected chi connectivity index (χ4v) is 6.23. The van der Waals surface area contributed by atoms with Gasteiger partial charge in [0.05, 0.1) is 6.10 Å². The van der Waals surface area contributed by atoms with Crippen molar-refractivity contribution in [2.75, 3.05) is 6.61 Å². The second-order valence-electron chi connectivity index (χ2n) is 9.11. The van der Waals surface area contributed by atoms with Crippen LogP contribution in [0.4, 0.5) is 0 Å². The number of carbonyl (C=O) groups is 1. The topological polar surface area (TPSA) is 38.3 Å². The molecule has 5 atom stereocenters. The molecule has 1 N–H and O–H groups in total. The van der Waals surface area contributed by atoms with Crippen LogP contribution in [0.15, 0.2) is 24.3 Å². The highest BCUT2D eigenvalue weighted by molar-refractivity contribution is 5.76. The second kappa shape index (κ2) is 5.84. The molecule has 1 spiro atoms. The van der Waals surface area contributed by atoms with E-state index in [0.717, 1.165) is 13.0 Å². The van der Waals surface area contributed by atoms with Gasteiger partial charge in [0.15, 0.2) is 0 Å². The summed E-state index contributed by atoms with van der Waals surface area (Å²) in [5.41, 5.74) is 2.98. The zero-order chi connectivity index (χ0) is 17.8. The van der Waals surface area contributed by atoms with Crippen molar-refractivity contribution < 1.29 is 9.53 Å². The first-order valence-corrected chi connectivity index (χ1v) is 9.86. The van der Waals surface area contributed by atoms with E-state index in [-0.39, 0.29) is 28.9 Å². The van der Waals surface area contributed by atoms with Crippen LogP contribution in [-0.2, 0) is 9.53 Å². The molecule has 136 valence electrons. The van der Waals surface area contributed by atoms with Gasteiger partial charge in [0.1, 0.15) is 0 Å². The van der Waals surface area contributed by atoms with Gasteiger partial charge >= 0.3 is 0 Å². The molecular weight excluding hydrogens is 310 g/mol. The lowest BCUT2D eigenvalue weighted by molar-refractivity contribution is -0.137. The Balaban J connectivity index is 1.70. The first kappa shape index (κ1) is 17.1. The summed E-state index contributed by atoms with van der Waals surface area (Å²) in [7, 11) is 0. The maximum absolute atomic E-state index is 12.3. The third-order valence-corrected chi connectivity index (χ3v) is 7.50. The normalized spacial score (nSPS) is 38.4. The minimum Gasteiger partial charge on any atom is -0.373 e. The van der Waals surface area contributed by atoms with E-state index in [1.165, 1.54) is 24.0 Å². The zero-order valence-electron chi connectivity index (χ0n) is 16.0. The lowest BCUT2D eigenvalue weighted by Crippen LogP contribution is -2.58. The number of fused-ring (bicyclic) bond motifs is 1. The molecule has 2 bridgehead atoms. The van der Waals surface area contributed by atoms with Gasteiger partial charge in [0.25, 0.3) is 0 Å². The highest BCUT2D eigenvalue weighted by Gasteiger charge is 2.68. The second-order valence-corrected chi connectivity index (χ2v) is 9.11. The summed E-state index contributed by atoms with van der Waals surface area (Å²) in [5.74, 6) is 1.38. The van der Waals surface area contributed by atoms with Crippen LogP contribution < -0.4 is 5.32 Å². The lowest BCUT2D eigenvalue weighted by Gasteiger charge is -2.53. The molecule has 1 saturated heterocycles. The van der Waals surface area contributed by atoms with Crippen molar-refractivity contribution in [2.45, 2.75) is 65.5 Å². The summed E-state index contributed by atoms with van der Waals surface area (Å²) in [5, 5.41) is 3.43. The number of aryl methyl sites for hydroxylation is 1. The van der Waals surface area contributed by atoms with E-state index < -0.39 is 0 Å². The maximum Gasteiger partial charge on any atom is 0.219 e. The molecule has 2 saturated carbocycles. The van der Waals surface area contributed by atoms with Crippen LogP contribution in [-0.4, -0.2) is 18.6 Å². The number of benzene rings is 1. The predicted octanol–water partition coefficient (Wildman–Crippen LogP) is 4.40. The van der Waals surface area contributed by atoms with Gasteiger partial charge in [-0.05, 0) is 54.4 Å². The number of carbonyl (C=O) groups excluding carboxylic acids is 1. The van der Waals surface area contributed by atoms with Crippen molar-refractivity contribution in [3.8, 4) is 0 Å². The fourth-order valence-electron chi connectivity index (χ4n) is 6.23. The van der Waals surface area contributed by atoms with Crippen LogP contribution in [0.1, 0.15) is 63.7 Å². The number of amides is 1. The number of nitrogens with one attached hydrogen (secondary N) is 1. The average Bonchev–Trinajstić information content (AvgIpc) is 3.07. The summed E-state index contributed by atoms with van der Waals surface area (Å²) in [4.78, 5) is 12.3. The molecule has 3 aliphatic rings. The molecule has 0 aromatic heterocycles. The molecule has 1 aliphatic heterocycles. The largest absolute Gasteiger partial charge is 0.373 e. The molecule has 3 heteroatoms. The Bertz CT molecular complexity index is 682. The molecule has 1 aromatic rings. The number of rotatable bonds is 3. The molecule has 3 nitrogen and oxygen atoms in total. The monoisotopic (exact) mass is 341 g/mol. The number of hydrogen-bond acceptors (Lipinski definition) is 2. The molecular formula is C22H31NO2. The van der Waals surface area contributed by atoms with Crippen LogP contribution in [0, 0.1) is 29.6 Å². The molecule has 0 unspecified atom stereocenters. The van der Waals surface area contributed by atoms with E-state index in [1.807, 2.05) is 6.92 Å². The predicted molar refractivity (Wildman–Crippen MR) is 99.1 cm³/mol. The van der Waals surface area contributed by atoms with Crippen LogP contribution in [0.5, 0.6) is 0 Å². The Hall–Kier alpha value is -1.35. The quantitative estimate of drug-likeness (QED) is 0.885. The fraction of sp³-hybridized carbons (Fsp3) is 0.682. The Morgan fingerprint density at radius 1 is 1.36 bits per heavy atom. The van der Waals surface area contributed by atoms with E-state index in [9.17, 15) is 4.79 Å². The van der Waals surface area contributed by atoms with Gasteiger partial charge in [-0.25, -0.2) is 0 Å². The molecule has 1 aromatic carbocycles. The number of ether oxygens (including phenoxy) is 1. The van der Waals surface area contributed by atoms with E-state index in [2.05, 4.69) is 50.4 Å². The summed E-state index contributed by atoms with van der Waals surface area (Å²) < 4.78 is 6.32. The van der Waals surface area contributed by atoms with Gasteiger partial charge in [-0.2, -0.15) is 0 Å². The zero-order valence-corrected chi connectivity index (χ0v) is 16.0. The lowest BCUT2D eigenvalue weighted by atomic mass is 9.58. The van der Waals surface area contributed by atoms with E-state index in [4.69, 9.17) is 4.74 Å². The summed E-state index contributed by atoms with van der Waals surface area (Å²) >= 11 is 0. The van der Waals surface area contributed by atoms with E-state index in [0.29, 0.717) is 18.3 Å². The van der Waals surface area contributed by atoms with Crippen molar-refractivity contribution in [2.24, 2.45) is 22.7 Å². The van der Waals surface area contributed by atoms with Crippen LogP contribution in [0.3, 0.4) is 0 Å². The third-order valence-electron chi connectivity index (χ3n) is 7.50. The van der Waals surface area contributed by atoms with Gasteiger partial charge in [0, 0.05) is 19.1 Å². The smallest absolute Gasteiger partial charge is 0.219 e. The SMILES string of the molecule is CCC(=O)N[C@H]1C(C)(C)[C@@H]2C[C@@H]3[C@@H](c4cccc(C)c4)OCC[C@@]31C2. The van der Waals surface area contributed by atoms with Gasteiger partial charge in [-0.15, -0.1) is 0 Å². The molecule has 0 radical (unpaired) electrons. The standard InChI is InChI=1S/C22H31NO2/c1-5-18(24)23-20-21(3,4)16-12-17-19(15-8-6-7-14(2)11-15)25-10-9-22(17,20)13-16/h6-8,11,16-17,19-20H,5,9-10,12-13H2,1-4H3,(H,23,24)/t16-,17-,19-,20+,22-/m1/s1. The average molecular weight is 341 g/mol. The summed E-state index contributed by atoms with van der Waals surface area (Å²) in [6.45, 7) is 9.62. The minimum atomic E-state index is 0.176. The molecule has 1 heterocycles. The first-order valence-electron chi connectivity index (χ1n) is 9.86. The maximum atomic E-state index is 12.3. The van der Waals surface area contributed by atoms with Gasteiger partial charge in [0.2, 0.25) is 5.91 Å². The van der Waals surface area contributed by atoms with E-state index >= 15 is 0 Å². The van der Waals surface area contributed by atoms with Crippen molar-refractivity contribution in [1.29, 1.82) is 0 Å². The highest BCUT2D eigenvalue weighted by atomic mass is 16.5. The minimum absolute atomic E-state index is 0.176. The van der Waals surface area contributed by atoms with Gasteiger partial charge < -0.3 is 10.1 Å². The van der Waals surface area contributed by atoms with Gasteiger partial charge in [-0.1, -0.05) is 50.6 Å². The summed E-state index contributed by atoms with van der Waals surface area (Å²) in [6.07, 6.45) is 4.29. The van der Waals surface area contributed by atoms with Crippen LogP contribution in [0.25, 0.3) is 0 Å². The van der Waals surface area contributed by atoms with Crippen molar-refractivity contribution in [3.05, 3.63) is 35.4 Å². The highest BCUT2D eigenvalue weighted by Crippen LogP contribution is 2.70. The molecule has 4 rings (SSSR count). The molecule has 2 aliphatic carbocycles. The van der Waals surface area contributed by atoms with E-state index in [1.54, 1.807) is 0 Å². The van der Waals surface area contributed by atoms with Crippen LogP contribution in [0.2, 0.25) is 0 Å². The molecule has 25 heavy (non-hydrogen) atoms. The Morgan fingerprint density at radius 3 is 2.88 bits per heavy atom. The Morgan fingerprint density at radius 2 is 2.16 bits per heavy atom.